The normalized spacial score (nSPS) is 25.8. The first kappa shape index (κ1) is 41.0. The first-order chi connectivity index (χ1) is 30.3. The minimum Gasteiger partial charge on any atom is -0.508 e. The number of esters is 2. The van der Waals surface area contributed by atoms with Gasteiger partial charge in [0.05, 0.1) is 34.2 Å². The van der Waals surface area contributed by atoms with Crippen LogP contribution in [-0.2, 0) is 9.47 Å². The minimum absolute atomic E-state index is 0.0792. The molecule has 0 saturated carbocycles. The summed E-state index contributed by atoms with van der Waals surface area (Å²) in [6.07, 6.45) is 10.9. The minimum atomic E-state index is -0.450. The number of fused-ring (bicyclic) bond motifs is 8. The van der Waals surface area contributed by atoms with Gasteiger partial charge >= 0.3 is 11.9 Å². The summed E-state index contributed by atoms with van der Waals surface area (Å²) in [5.74, 6) is 1.73. The Morgan fingerprint density at radius 1 is 0.613 bits per heavy atom. The van der Waals surface area contributed by atoms with Gasteiger partial charge in [0.15, 0.2) is 0 Å². The lowest BCUT2D eigenvalue weighted by atomic mass is 9.73. The van der Waals surface area contributed by atoms with Gasteiger partial charge in [-0.1, -0.05) is 48.6 Å². The standard InChI is InChI=1S/2C26H26N2O3/c2*1-2-17-16-28-13-11-19(17)14-24(28)25(31-26(30)18-6-4-3-5-7-18)21-10-12-27-23-9-8-20(29)15-22(21)23/h2*2-10,12,15,17,19,24-25,29H,1,11,13-14,16H2/t2*17?,19?,24?,25-/m10/s1. The average molecular weight is 829 g/mol. The van der Waals surface area contributed by atoms with Gasteiger partial charge in [0.1, 0.15) is 23.7 Å². The summed E-state index contributed by atoms with van der Waals surface area (Å²) in [7, 11) is 0. The lowest BCUT2D eigenvalue weighted by Gasteiger charge is -2.51. The van der Waals surface area contributed by atoms with Crippen molar-refractivity contribution in [1.82, 2.24) is 19.8 Å². The molecule has 10 nitrogen and oxygen atoms in total. The molecule has 316 valence electrons. The largest absolute Gasteiger partial charge is 0.508 e. The molecule has 4 bridgehead atoms. The molecule has 0 spiro atoms. The van der Waals surface area contributed by atoms with Crippen LogP contribution in [0.2, 0.25) is 0 Å². The lowest BCUT2D eigenvalue weighted by molar-refractivity contribution is -0.0569. The number of piperidine rings is 6. The van der Waals surface area contributed by atoms with Gasteiger partial charge in [-0.05, 0) is 135 Å². The Kier molecular flexibility index (Phi) is 11.9. The van der Waals surface area contributed by atoms with Crippen molar-refractivity contribution in [1.29, 1.82) is 0 Å². The fraction of sp³-hybridized carbons (Fsp3) is 0.308. The number of phenolic OH excluding ortho intramolecular Hbond substituents is 2. The highest BCUT2D eigenvalue weighted by Crippen LogP contribution is 2.45. The van der Waals surface area contributed by atoms with Gasteiger partial charge in [0.2, 0.25) is 0 Å². The van der Waals surface area contributed by atoms with Gasteiger partial charge in [-0.3, -0.25) is 19.8 Å². The van der Waals surface area contributed by atoms with Crippen LogP contribution in [0.4, 0.5) is 0 Å². The third-order valence-corrected chi connectivity index (χ3v) is 13.6. The van der Waals surface area contributed by atoms with Gasteiger partial charge in [0, 0.05) is 47.4 Å². The Labute approximate surface area is 362 Å². The Morgan fingerprint density at radius 3 is 1.40 bits per heavy atom. The number of ether oxygens (including phenoxy) is 2. The zero-order chi connectivity index (χ0) is 42.7. The highest BCUT2D eigenvalue weighted by atomic mass is 16.5. The molecule has 6 aliphatic rings. The summed E-state index contributed by atoms with van der Waals surface area (Å²) in [6.45, 7) is 11.9. The molecule has 6 aliphatic heterocycles. The molecular weight excluding hydrogens is 777 g/mol. The Hall–Kier alpha value is -6.36. The zero-order valence-electron chi connectivity index (χ0n) is 34.7. The van der Waals surface area contributed by atoms with Crippen LogP contribution in [-0.4, -0.2) is 80.2 Å². The number of aromatic hydroxyl groups is 2. The number of rotatable bonds is 10. The fourth-order valence-corrected chi connectivity index (χ4v) is 10.4. The van der Waals surface area contributed by atoms with Crippen LogP contribution in [0, 0.1) is 23.7 Å². The van der Waals surface area contributed by atoms with Crippen molar-refractivity contribution < 1.29 is 29.3 Å². The number of pyridine rings is 2. The molecule has 6 saturated heterocycles. The molecule has 0 aliphatic carbocycles. The summed E-state index contributed by atoms with van der Waals surface area (Å²) >= 11 is 0. The molecule has 8 unspecified atom stereocenters. The van der Waals surface area contributed by atoms with Gasteiger partial charge in [-0.15, -0.1) is 13.2 Å². The lowest BCUT2D eigenvalue weighted by Crippen LogP contribution is -2.55. The van der Waals surface area contributed by atoms with Gasteiger partial charge in [0.25, 0.3) is 0 Å². The average Bonchev–Trinajstić information content (AvgIpc) is 3.33. The number of carbonyl (C=O) groups is 2. The first-order valence-electron chi connectivity index (χ1n) is 21.7. The summed E-state index contributed by atoms with van der Waals surface area (Å²) < 4.78 is 12.4. The monoisotopic (exact) mass is 828 g/mol. The molecule has 2 aromatic heterocycles. The van der Waals surface area contributed by atoms with E-state index in [4.69, 9.17) is 9.47 Å². The van der Waals surface area contributed by atoms with Crippen LogP contribution in [0.1, 0.15) is 69.7 Å². The molecule has 6 aromatic rings. The Bertz CT molecular complexity index is 2410. The van der Waals surface area contributed by atoms with Crippen molar-refractivity contribution in [3.05, 3.63) is 169 Å². The van der Waals surface area contributed by atoms with E-state index in [1.165, 1.54) is 0 Å². The Balaban J connectivity index is 0.000000158. The second-order valence-electron chi connectivity index (χ2n) is 17.1. The number of phenols is 2. The summed E-state index contributed by atoms with van der Waals surface area (Å²) in [6, 6.07) is 32.5. The third-order valence-electron chi connectivity index (χ3n) is 13.6. The molecule has 62 heavy (non-hydrogen) atoms. The molecule has 6 fully saturated rings. The van der Waals surface area contributed by atoms with E-state index in [1.807, 2.05) is 48.5 Å². The molecule has 4 aromatic carbocycles. The van der Waals surface area contributed by atoms with Crippen LogP contribution in [0.15, 0.2) is 147 Å². The smallest absolute Gasteiger partial charge is 0.338 e. The molecule has 10 atom stereocenters. The molecule has 0 amide bonds. The highest BCUT2D eigenvalue weighted by Gasteiger charge is 2.46. The van der Waals surface area contributed by atoms with E-state index in [2.05, 4.69) is 45.1 Å². The molecule has 8 heterocycles. The Morgan fingerprint density at radius 2 is 1.03 bits per heavy atom. The van der Waals surface area contributed by atoms with Gasteiger partial charge in [-0.25, -0.2) is 9.59 Å². The van der Waals surface area contributed by atoms with E-state index in [0.717, 1.165) is 84.8 Å². The quantitative estimate of drug-likeness (QED) is 0.102. The van der Waals surface area contributed by atoms with Gasteiger partial charge in [-0.2, -0.15) is 0 Å². The van der Waals surface area contributed by atoms with Crippen LogP contribution in [0.25, 0.3) is 21.8 Å². The number of hydrogen-bond acceptors (Lipinski definition) is 10. The zero-order valence-corrected chi connectivity index (χ0v) is 34.7. The van der Waals surface area contributed by atoms with E-state index in [9.17, 15) is 19.8 Å². The molecule has 12 rings (SSSR count). The number of hydrogen-bond donors (Lipinski definition) is 2. The second kappa shape index (κ2) is 17.9. The van der Waals surface area contributed by atoms with Crippen molar-refractivity contribution in [3.63, 3.8) is 0 Å². The predicted molar refractivity (Wildman–Crippen MR) is 240 cm³/mol. The van der Waals surface area contributed by atoms with E-state index in [-0.39, 0.29) is 35.5 Å². The van der Waals surface area contributed by atoms with Crippen LogP contribution in [0.3, 0.4) is 0 Å². The molecular formula is C52H52N4O6. The van der Waals surface area contributed by atoms with Crippen molar-refractivity contribution in [2.45, 2.75) is 50.0 Å². The van der Waals surface area contributed by atoms with Gasteiger partial charge < -0.3 is 19.7 Å². The first-order valence-corrected chi connectivity index (χ1v) is 21.7. The number of benzene rings is 4. The van der Waals surface area contributed by atoms with Crippen molar-refractivity contribution >= 4 is 33.7 Å². The number of nitrogens with zero attached hydrogens (tertiary/aromatic N) is 4. The number of aromatic nitrogens is 2. The molecule has 2 N–H and O–H groups in total. The highest BCUT2D eigenvalue weighted by molar-refractivity contribution is 5.91. The van der Waals surface area contributed by atoms with Crippen LogP contribution < -0.4 is 0 Å². The third kappa shape index (κ3) is 8.32. The maximum Gasteiger partial charge on any atom is 0.338 e. The fourth-order valence-electron chi connectivity index (χ4n) is 10.4. The number of carbonyl (C=O) groups excluding carboxylic acids is 2. The summed E-state index contributed by atoms with van der Waals surface area (Å²) in [5, 5.41) is 21.9. The predicted octanol–water partition coefficient (Wildman–Crippen LogP) is 9.47. The van der Waals surface area contributed by atoms with Crippen molar-refractivity contribution in [3.8, 4) is 11.5 Å². The maximum atomic E-state index is 13.1. The summed E-state index contributed by atoms with van der Waals surface area (Å²) in [4.78, 5) is 39.9. The topological polar surface area (TPSA) is 125 Å². The van der Waals surface area contributed by atoms with Crippen molar-refractivity contribution in [2.75, 3.05) is 26.2 Å². The van der Waals surface area contributed by atoms with E-state index in [1.54, 1.807) is 73.1 Å². The van der Waals surface area contributed by atoms with E-state index in [0.29, 0.717) is 34.8 Å². The molecule has 0 radical (unpaired) electrons. The van der Waals surface area contributed by atoms with Crippen molar-refractivity contribution in [2.24, 2.45) is 23.7 Å². The van der Waals surface area contributed by atoms with E-state index >= 15 is 0 Å². The summed E-state index contributed by atoms with van der Waals surface area (Å²) in [5.41, 5.74) is 4.39. The van der Waals surface area contributed by atoms with Crippen LogP contribution >= 0.6 is 0 Å². The molecule has 10 heteroatoms. The second-order valence-corrected chi connectivity index (χ2v) is 17.1. The maximum absolute atomic E-state index is 13.1. The SMILES string of the molecule is C=CC1CN2CCC1CC2[C@@H](OC(=O)c1ccccc1)c1ccnc2ccc(O)cc12.C=CC1CN2CCC1CC2[C@H](OC(=O)c1ccccc1)c1ccnc2ccc(O)cc12. The van der Waals surface area contributed by atoms with Crippen LogP contribution in [0.5, 0.6) is 11.5 Å². The van der Waals surface area contributed by atoms with E-state index < -0.39 is 12.2 Å².